The fourth-order valence-electron chi connectivity index (χ4n) is 2.43. The number of hydrogen-bond acceptors (Lipinski definition) is 4. The summed E-state index contributed by atoms with van der Waals surface area (Å²) in [6.07, 6.45) is 1.52. The molecule has 0 aliphatic rings. The summed E-state index contributed by atoms with van der Waals surface area (Å²) >= 11 is 0. The van der Waals surface area contributed by atoms with Crippen LogP contribution in [0.1, 0.15) is 15.9 Å². The fourth-order valence-corrected chi connectivity index (χ4v) is 2.43. The van der Waals surface area contributed by atoms with Crippen LogP contribution in [-0.4, -0.2) is 39.5 Å². The van der Waals surface area contributed by atoms with Gasteiger partial charge in [-0.05, 0) is 35.9 Å². The average Bonchev–Trinajstić information content (AvgIpc) is 3.13. The molecule has 8 heteroatoms. The summed E-state index contributed by atoms with van der Waals surface area (Å²) < 4.78 is 12.9. The van der Waals surface area contributed by atoms with E-state index in [0.717, 1.165) is 5.52 Å². The number of aliphatic hydroxyl groups excluding tert-OH is 1. The Morgan fingerprint density at radius 3 is 2.69 bits per heavy atom. The molecule has 2 amide bonds. The second kappa shape index (κ2) is 7.75. The molecule has 0 aliphatic heterocycles. The van der Waals surface area contributed by atoms with Crippen LogP contribution >= 0.6 is 0 Å². The number of nitrogens with zero attached hydrogens (tertiary/aromatic N) is 1. The minimum absolute atomic E-state index is 0.158. The quantitative estimate of drug-likeness (QED) is 0.531. The molecule has 0 bridgehead atoms. The number of imidazole rings is 1. The van der Waals surface area contributed by atoms with E-state index in [1.54, 1.807) is 30.3 Å². The molecule has 7 nitrogen and oxygen atoms in total. The van der Waals surface area contributed by atoms with Crippen molar-refractivity contribution in [3.05, 3.63) is 65.7 Å². The molecule has 0 fully saturated rings. The first kappa shape index (κ1) is 17.6. The number of rotatable bonds is 6. The number of carbonyl (C=O) groups excluding carboxylic acids is 2. The van der Waals surface area contributed by atoms with Gasteiger partial charge in [-0.1, -0.05) is 12.1 Å². The molecule has 1 atom stereocenters. The van der Waals surface area contributed by atoms with Crippen molar-refractivity contribution in [2.75, 3.05) is 6.61 Å². The molecule has 1 unspecified atom stereocenters. The van der Waals surface area contributed by atoms with Crippen LogP contribution in [0.5, 0.6) is 0 Å². The van der Waals surface area contributed by atoms with Gasteiger partial charge in [0.2, 0.25) is 5.91 Å². The summed E-state index contributed by atoms with van der Waals surface area (Å²) in [7, 11) is 0. The Labute approximate surface area is 148 Å². The van der Waals surface area contributed by atoms with Crippen LogP contribution in [0.2, 0.25) is 0 Å². The number of H-pyrrole nitrogens is 1. The lowest BCUT2D eigenvalue weighted by Gasteiger charge is -2.16. The number of hydrogen-bond donors (Lipinski definition) is 4. The molecule has 0 spiro atoms. The monoisotopic (exact) mass is 356 g/mol. The number of halogens is 1. The zero-order valence-electron chi connectivity index (χ0n) is 13.7. The van der Waals surface area contributed by atoms with Gasteiger partial charge in [-0.2, -0.15) is 0 Å². The normalized spacial score (nSPS) is 11.9. The van der Waals surface area contributed by atoms with Crippen LogP contribution < -0.4 is 10.6 Å². The highest BCUT2D eigenvalue weighted by Gasteiger charge is 2.20. The molecule has 0 radical (unpaired) electrons. The predicted molar refractivity (Wildman–Crippen MR) is 92.7 cm³/mol. The predicted octanol–water partition coefficient (Wildman–Crippen LogP) is 1.11. The highest BCUT2D eigenvalue weighted by Crippen LogP contribution is 2.11. The maximum Gasteiger partial charge on any atom is 0.252 e. The second-order valence-corrected chi connectivity index (χ2v) is 5.69. The maximum atomic E-state index is 12.9. The minimum atomic E-state index is -1.10. The average molecular weight is 356 g/mol. The first-order valence-electron chi connectivity index (χ1n) is 7.94. The smallest absolute Gasteiger partial charge is 0.252 e. The van der Waals surface area contributed by atoms with Crippen molar-refractivity contribution >= 4 is 22.8 Å². The summed E-state index contributed by atoms with van der Waals surface area (Å²) in [5.41, 5.74) is 2.45. The van der Waals surface area contributed by atoms with Gasteiger partial charge in [0, 0.05) is 12.1 Å². The van der Waals surface area contributed by atoms with Gasteiger partial charge in [0.05, 0.1) is 24.0 Å². The number of aliphatic hydroxyl groups is 1. The lowest BCUT2D eigenvalue weighted by molar-refractivity contribution is -0.124. The van der Waals surface area contributed by atoms with E-state index in [1.807, 2.05) is 0 Å². The van der Waals surface area contributed by atoms with Crippen LogP contribution in [0.25, 0.3) is 11.0 Å². The third-order valence-electron chi connectivity index (χ3n) is 3.87. The molecule has 3 aromatic rings. The molecular weight excluding hydrogens is 339 g/mol. The Bertz CT molecular complexity index is 924. The van der Waals surface area contributed by atoms with Crippen molar-refractivity contribution in [3.63, 3.8) is 0 Å². The Kier molecular flexibility index (Phi) is 5.23. The SMILES string of the molecule is O=C(NC(CO)C(=O)NCc1ccc(F)cc1)c1ccc2nc[nH]c2c1. The first-order chi connectivity index (χ1) is 12.6. The molecule has 3 rings (SSSR count). The molecule has 0 saturated heterocycles. The molecule has 134 valence electrons. The van der Waals surface area contributed by atoms with Crippen molar-refractivity contribution in [1.29, 1.82) is 0 Å². The fraction of sp³-hybridized carbons (Fsp3) is 0.167. The lowest BCUT2D eigenvalue weighted by Crippen LogP contribution is -2.48. The Morgan fingerprint density at radius 2 is 1.96 bits per heavy atom. The number of aromatic nitrogens is 2. The van der Waals surface area contributed by atoms with Crippen LogP contribution in [0.15, 0.2) is 48.8 Å². The number of carbonyl (C=O) groups is 2. The highest BCUT2D eigenvalue weighted by atomic mass is 19.1. The van der Waals surface area contributed by atoms with Crippen LogP contribution in [0.4, 0.5) is 4.39 Å². The van der Waals surface area contributed by atoms with Crippen molar-refractivity contribution in [1.82, 2.24) is 20.6 Å². The number of fused-ring (bicyclic) bond motifs is 1. The first-order valence-corrected chi connectivity index (χ1v) is 7.94. The van der Waals surface area contributed by atoms with Gasteiger partial charge in [-0.3, -0.25) is 9.59 Å². The Balaban J connectivity index is 1.61. The van der Waals surface area contributed by atoms with Gasteiger partial charge in [0.1, 0.15) is 11.9 Å². The molecule has 2 aromatic carbocycles. The van der Waals surface area contributed by atoms with E-state index < -0.39 is 24.5 Å². The van der Waals surface area contributed by atoms with E-state index in [1.165, 1.54) is 18.5 Å². The topological polar surface area (TPSA) is 107 Å². The van der Waals surface area contributed by atoms with E-state index in [0.29, 0.717) is 16.6 Å². The van der Waals surface area contributed by atoms with E-state index >= 15 is 0 Å². The van der Waals surface area contributed by atoms with Crippen molar-refractivity contribution in [3.8, 4) is 0 Å². The van der Waals surface area contributed by atoms with Crippen LogP contribution in [-0.2, 0) is 11.3 Å². The summed E-state index contributed by atoms with van der Waals surface area (Å²) in [6, 6.07) is 9.45. The van der Waals surface area contributed by atoms with Gasteiger partial charge in [0.15, 0.2) is 0 Å². The van der Waals surface area contributed by atoms with Gasteiger partial charge in [-0.25, -0.2) is 9.37 Å². The van der Waals surface area contributed by atoms with Crippen molar-refractivity contribution in [2.24, 2.45) is 0 Å². The minimum Gasteiger partial charge on any atom is -0.394 e. The molecule has 1 aromatic heterocycles. The largest absolute Gasteiger partial charge is 0.394 e. The molecule has 4 N–H and O–H groups in total. The van der Waals surface area contributed by atoms with Gasteiger partial charge in [-0.15, -0.1) is 0 Å². The van der Waals surface area contributed by atoms with Gasteiger partial charge >= 0.3 is 0 Å². The summed E-state index contributed by atoms with van der Waals surface area (Å²) in [6.45, 7) is -0.390. The van der Waals surface area contributed by atoms with Gasteiger partial charge < -0.3 is 20.7 Å². The van der Waals surface area contributed by atoms with E-state index in [2.05, 4.69) is 20.6 Å². The number of aromatic amines is 1. The molecule has 26 heavy (non-hydrogen) atoms. The molecular formula is C18H17FN4O3. The highest BCUT2D eigenvalue weighted by molar-refractivity contribution is 5.99. The molecule has 0 aliphatic carbocycles. The molecule has 0 saturated carbocycles. The third kappa shape index (κ3) is 4.04. The zero-order chi connectivity index (χ0) is 18.5. The summed E-state index contributed by atoms with van der Waals surface area (Å²) in [5.74, 6) is -1.39. The van der Waals surface area contributed by atoms with E-state index in [-0.39, 0.29) is 12.4 Å². The third-order valence-corrected chi connectivity index (χ3v) is 3.87. The summed E-state index contributed by atoms with van der Waals surface area (Å²) in [4.78, 5) is 31.5. The Hall–Kier alpha value is -3.26. The van der Waals surface area contributed by atoms with Crippen LogP contribution in [0, 0.1) is 5.82 Å². The summed E-state index contributed by atoms with van der Waals surface area (Å²) in [5, 5.41) is 14.5. The maximum absolute atomic E-state index is 12.9. The van der Waals surface area contributed by atoms with Crippen molar-refractivity contribution in [2.45, 2.75) is 12.6 Å². The standard InChI is InChI=1S/C18H17FN4O3/c19-13-4-1-11(2-5-13)8-20-18(26)16(9-24)23-17(25)12-3-6-14-15(7-12)22-10-21-14/h1-7,10,16,24H,8-9H2,(H,20,26)(H,21,22)(H,23,25). The Morgan fingerprint density at radius 1 is 1.19 bits per heavy atom. The molecule has 1 heterocycles. The van der Waals surface area contributed by atoms with Gasteiger partial charge in [0.25, 0.3) is 5.91 Å². The number of amides is 2. The van der Waals surface area contributed by atoms with E-state index in [9.17, 15) is 19.1 Å². The second-order valence-electron chi connectivity index (χ2n) is 5.69. The van der Waals surface area contributed by atoms with E-state index in [4.69, 9.17) is 0 Å². The number of nitrogens with one attached hydrogen (secondary N) is 3. The lowest BCUT2D eigenvalue weighted by atomic mass is 10.1. The van der Waals surface area contributed by atoms with Crippen LogP contribution in [0.3, 0.4) is 0 Å². The van der Waals surface area contributed by atoms with Crippen molar-refractivity contribution < 1.29 is 19.1 Å². The number of benzene rings is 2. The zero-order valence-corrected chi connectivity index (χ0v) is 13.7.